The topological polar surface area (TPSA) is 75.3 Å². The second kappa shape index (κ2) is 8.53. The molecular weight excluding hydrogens is 298 g/mol. The fourth-order valence-corrected chi connectivity index (χ4v) is 2.88. The van der Waals surface area contributed by atoms with Gasteiger partial charge in [0.1, 0.15) is 6.54 Å². The molecule has 1 atom stereocenters. The Hall–Kier alpha value is -1.89. The zero-order valence-electron chi connectivity index (χ0n) is 13.3. The Bertz CT molecular complexity index is 579. The summed E-state index contributed by atoms with van der Waals surface area (Å²) < 4.78 is 5.07. The highest BCUT2D eigenvalue weighted by Gasteiger charge is 2.07. The first-order valence-corrected chi connectivity index (χ1v) is 8.39. The number of rotatable bonds is 7. The quantitative estimate of drug-likeness (QED) is 0.605. The maximum Gasteiger partial charge on any atom is 0.248 e. The van der Waals surface area contributed by atoms with Gasteiger partial charge in [-0.1, -0.05) is 18.1 Å². The lowest BCUT2D eigenvalue weighted by molar-refractivity contribution is 0.376. The number of aliphatic imine (C=N–C) groups is 1. The van der Waals surface area contributed by atoms with E-state index in [-0.39, 0.29) is 0 Å². The molecule has 2 heterocycles. The van der Waals surface area contributed by atoms with E-state index in [0.717, 1.165) is 25.5 Å². The van der Waals surface area contributed by atoms with Crippen LogP contribution in [0.1, 0.15) is 30.4 Å². The van der Waals surface area contributed by atoms with Gasteiger partial charge < -0.3 is 15.2 Å². The molecular formula is C15H23N5OS. The second-order valence-corrected chi connectivity index (χ2v) is 6.23. The van der Waals surface area contributed by atoms with Crippen molar-refractivity contribution < 1.29 is 4.52 Å². The van der Waals surface area contributed by atoms with Gasteiger partial charge in [0.15, 0.2) is 11.8 Å². The number of hydrogen-bond donors (Lipinski definition) is 2. The van der Waals surface area contributed by atoms with E-state index in [4.69, 9.17) is 4.52 Å². The zero-order chi connectivity index (χ0) is 15.8. The third-order valence-corrected chi connectivity index (χ3v) is 3.93. The Labute approximate surface area is 135 Å². The van der Waals surface area contributed by atoms with Crippen LogP contribution in [0.25, 0.3) is 0 Å². The fourth-order valence-electron chi connectivity index (χ4n) is 2.01. The highest BCUT2D eigenvalue weighted by atomic mass is 32.1. The third kappa shape index (κ3) is 5.48. The Balaban J connectivity index is 1.82. The van der Waals surface area contributed by atoms with Crippen molar-refractivity contribution in [3.63, 3.8) is 0 Å². The zero-order valence-corrected chi connectivity index (χ0v) is 14.1. The minimum Gasteiger partial charge on any atom is -0.357 e. The third-order valence-electron chi connectivity index (χ3n) is 3.03. The summed E-state index contributed by atoms with van der Waals surface area (Å²) in [6.07, 6.45) is 1.08. The summed E-state index contributed by atoms with van der Waals surface area (Å²) in [6, 6.07) is 4.27. The van der Waals surface area contributed by atoms with Gasteiger partial charge in [0.05, 0.1) is 0 Å². The number of nitrogens with zero attached hydrogens (tertiary/aromatic N) is 3. The van der Waals surface area contributed by atoms with Crippen molar-refractivity contribution in [2.45, 2.75) is 33.7 Å². The Morgan fingerprint density at radius 1 is 1.45 bits per heavy atom. The SMILES string of the molecule is CCNC(=NCc1nc(C)no1)NCC(C)Cc1cccs1. The second-order valence-electron chi connectivity index (χ2n) is 5.20. The van der Waals surface area contributed by atoms with Crippen LogP contribution in [0.4, 0.5) is 0 Å². The van der Waals surface area contributed by atoms with Crippen LogP contribution >= 0.6 is 11.3 Å². The van der Waals surface area contributed by atoms with Crippen LogP contribution in [0.15, 0.2) is 27.0 Å². The van der Waals surface area contributed by atoms with Gasteiger partial charge in [0, 0.05) is 18.0 Å². The first-order chi connectivity index (χ1) is 10.7. The molecule has 0 spiro atoms. The lowest BCUT2D eigenvalue weighted by atomic mass is 10.1. The van der Waals surface area contributed by atoms with Crippen molar-refractivity contribution in [3.05, 3.63) is 34.1 Å². The molecule has 0 aliphatic heterocycles. The molecule has 0 aliphatic rings. The van der Waals surface area contributed by atoms with Crippen LogP contribution < -0.4 is 10.6 Å². The van der Waals surface area contributed by atoms with E-state index < -0.39 is 0 Å². The highest BCUT2D eigenvalue weighted by Crippen LogP contribution is 2.13. The number of guanidine groups is 1. The fraction of sp³-hybridized carbons (Fsp3) is 0.533. The molecule has 0 bridgehead atoms. The molecule has 0 saturated carbocycles. The summed E-state index contributed by atoms with van der Waals surface area (Å²) in [6.45, 7) is 8.14. The summed E-state index contributed by atoms with van der Waals surface area (Å²) in [7, 11) is 0. The largest absolute Gasteiger partial charge is 0.357 e. The molecule has 6 nitrogen and oxygen atoms in total. The number of aryl methyl sites for hydroxylation is 1. The van der Waals surface area contributed by atoms with Crippen molar-refractivity contribution in [3.8, 4) is 0 Å². The van der Waals surface area contributed by atoms with Gasteiger partial charge in [-0.3, -0.25) is 0 Å². The van der Waals surface area contributed by atoms with E-state index >= 15 is 0 Å². The molecule has 0 saturated heterocycles. The Morgan fingerprint density at radius 2 is 2.32 bits per heavy atom. The minimum absolute atomic E-state index is 0.384. The van der Waals surface area contributed by atoms with Crippen LogP contribution in [-0.2, 0) is 13.0 Å². The maximum atomic E-state index is 5.07. The summed E-state index contributed by atoms with van der Waals surface area (Å²) in [5.74, 6) is 2.47. The van der Waals surface area contributed by atoms with Gasteiger partial charge in [-0.2, -0.15) is 4.98 Å². The van der Waals surface area contributed by atoms with Crippen LogP contribution in [0.3, 0.4) is 0 Å². The molecule has 120 valence electrons. The first kappa shape index (κ1) is 16.5. The summed E-state index contributed by atoms with van der Waals surface area (Å²) in [5, 5.41) is 12.5. The predicted octanol–water partition coefficient (Wildman–Crippen LogP) is 2.37. The van der Waals surface area contributed by atoms with Crippen LogP contribution in [0, 0.1) is 12.8 Å². The lowest BCUT2D eigenvalue weighted by Crippen LogP contribution is -2.39. The van der Waals surface area contributed by atoms with Crippen LogP contribution in [0.2, 0.25) is 0 Å². The van der Waals surface area contributed by atoms with E-state index in [1.54, 1.807) is 18.3 Å². The number of nitrogens with one attached hydrogen (secondary N) is 2. The molecule has 0 radical (unpaired) electrons. The highest BCUT2D eigenvalue weighted by molar-refractivity contribution is 7.09. The minimum atomic E-state index is 0.384. The molecule has 2 rings (SSSR count). The van der Waals surface area contributed by atoms with Gasteiger partial charge >= 0.3 is 0 Å². The molecule has 0 fully saturated rings. The molecule has 2 N–H and O–H groups in total. The van der Waals surface area contributed by atoms with Gasteiger partial charge in [0.25, 0.3) is 0 Å². The van der Waals surface area contributed by atoms with Crippen molar-refractivity contribution in [1.29, 1.82) is 0 Å². The van der Waals surface area contributed by atoms with Gasteiger partial charge in [-0.05, 0) is 37.6 Å². The van der Waals surface area contributed by atoms with E-state index in [0.29, 0.717) is 24.2 Å². The molecule has 0 aliphatic carbocycles. The van der Waals surface area contributed by atoms with Crippen molar-refractivity contribution in [2.75, 3.05) is 13.1 Å². The Kier molecular flexibility index (Phi) is 6.39. The average molecular weight is 321 g/mol. The molecule has 22 heavy (non-hydrogen) atoms. The molecule has 0 amide bonds. The summed E-state index contributed by atoms with van der Waals surface area (Å²) in [5.41, 5.74) is 0. The van der Waals surface area contributed by atoms with Crippen LogP contribution in [-0.4, -0.2) is 29.2 Å². The van der Waals surface area contributed by atoms with E-state index in [2.05, 4.69) is 50.2 Å². The number of thiophene rings is 1. The van der Waals surface area contributed by atoms with Crippen molar-refractivity contribution >= 4 is 17.3 Å². The smallest absolute Gasteiger partial charge is 0.248 e. The molecule has 1 unspecified atom stereocenters. The van der Waals surface area contributed by atoms with Crippen molar-refractivity contribution in [1.82, 2.24) is 20.8 Å². The molecule has 0 aromatic carbocycles. The van der Waals surface area contributed by atoms with E-state index in [1.165, 1.54) is 4.88 Å². The monoisotopic (exact) mass is 321 g/mol. The maximum absolute atomic E-state index is 5.07. The van der Waals surface area contributed by atoms with Gasteiger partial charge in [-0.15, -0.1) is 11.3 Å². The van der Waals surface area contributed by atoms with E-state index in [9.17, 15) is 0 Å². The van der Waals surface area contributed by atoms with E-state index in [1.807, 2.05) is 6.92 Å². The predicted molar refractivity (Wildman–Crippen MR) is 89.0 cm³/mol. The number of aromatic nitrogens is 2. The van der Waals surface area contributed by atoms with Gasteiger partial charge in [0.2, 0.25) is 5.89 Å². The first-order valence-electron chi connectivity index (χ1n) is 7.51. The van der Waals surface area contributed by atoms with Crippen LogP contribution in [0.5, 0.6) is 0 Å². The van der Waals surface area contributed by atoms with Gasteiger partial charge in [-0.25, -0.2) is 4.99 Å². The average Bonchev–Trinajstić information content (AvgIpc) is 3.13. The van der Waals surface area contributed by atoms with Crippen molar-refractivity contribution in [2.24, 2.45) is 10.9 Å². The lowest BCUT2D eigenvalue weighted by Gasteiger charge is -2.15. The number of hydrogen-bond acceptors (Lipinski definition) is 5. The summed E-state index contributed by atoms with van der Waals surface area (Å²) in [4.78, 5) is 10.0. The molecule has 2 aromatic heterocycles. The normalized spacial score (nSPS) is 13.1. The Morgan fingerprint density at radius 3 is 2.95 bits per heavy atom. The molecule has 2 aromatic rings. The standard InChI is InChI=1S/C15H23N5OS/c1-4-16-15(18-10-14-19-12(3)20-21-14)17-9-11(2)8-13-6-5-7-22-13/h5-7,11H,4,8-10H2,1-3H3,(H2,16,17,18). The molecule has 7 heteroatoms. The summed E-state index contributed by atoms with van der Waals surface area (Å²) >= 11 is 1.80.